The molecular formula is C9H16F3NO2. The van der Waals surface area contributed by atoms with Gasteiger partial charge in [-0.25, -0.2) is 4.79 Å². The maximum atomic E-state index is 11.7. The molecule has 0 fully saturated rings. The van der Waals surface area contributed by atoms with Gasteiger partial charge in [0.05, 0.1) is 0 Å². The van der Waals surface area contributed by atoms with Crippen molar-refractivity contribution in [2.45, 2.75) is 26.9 Å². The van der Waals surface area contributed by atoms with Crippen LogP contribution in [0, 0.1) is 5.41 Å². The van der Waals surface area contributed by atoms with Crippen LogP contribution in [-0.2, 0) is 4.74 Å². The Morgan fingerprint density at radius 2 is 1.73 bits per heavy atom. The Morgan fingerprint density at radius 1 is 1.27 bits per heavy atom. The van der Waals surface area contributed by atoms with Gasteiger partial charge in [0.15, 0.2) is 6.61 Å². The highest BCUT2D eigenvalue weighted by Crippen LogP contribution is 2.17. The van der Waals surface area contributed by atoms with Gasteiger partial charge in [0.2, 0.25) is 0 Å². The molecular weight excluding hydrogens is 211 g/mol. The average Bonchev–Trinajstić information content (AvgIpc) is 1.95. The van der Waals surface area contributed by atoms with E-state index in [2.05, 4.69) is 4.74 Å². The number of amides is 1. The maximum absolute atomic E-state index is 11.7. The van der Waals surface area contributed by atoms with Crippen LogP contribution < -0.4 is 0 Å². The summed E-state index contributed by atoms with van der Waals surface area (Å²) >= 11 is 0. The molecule has 0 aromatic heterocycles. The second kappa shape index (κ2) is 4.72. The van der Waals surface area contributed by atoms with E-state index in [0.717, 1.165) is 4.90 Å². The zero-order chi connectivity index (χ0) is 12.3. The molecule has 0 aromatic rings. The highest BCUT2D eigenvalue weighted by molar-refractivity contribution is 5.67. The number of hydrogen-bond acceptors (Lipinski definition) is 2. The van der Waals surface area contributed by atoms with Crippen LogP contribution in [0.3, 0.4) is 0 Å². The molecule has 0 atom stereocenters. The average molecular weight is 227 g/mol. The molecule has 3 nitrogen and oxygen atoms in total. The van der Waals surface area contributed by atoms with Gasteiger partial charge in [0.25, 0.3) is 0 Å². The van der Waals surface area contributed by atoms with Crippen molar-refractivity contribution in [2.75, 3.05) is 20.2 Å². The van der Waals surface area contributed by atoms with Crippen LogP contribution >= 0.6 is 0 Å². The van der Waals surface area contributed by atoms with Gasteiger partial charge in [-0.1, -0.05) is 20.8 Å². The fraction of sp³-hybridized carbons (Fsp3) is 0.889. The Morgan fingerprint density at radius 3 is 2.07 bits per heavy atom. The maximum Gasteiger partial charge on any atom is 0.422 e. The van der Waals surface area contributed by atoms with Crippen molar-refractivity contribution in [1.29, 1.82) is 0 Å². The van der Waals surface area contributed by atoms with Gasteiger partial charge in [0.1, 0.15) is 0 Å². The van der Waals surface area contributed by atoms with Crippen LogP contribution in [0.15, 0.2) is 0 Å². The van der Waals surface area contributed by atoms with Gasteiger partial charge in [0, 0.05) is 13.6 Å². The number of rotatable bonds is 2. The molecule has 0 aliphatic rings. The van der Waals surface area contributed by atoms with E-state index >= 15 is 0 Å². The lowest BCUT2D eigenvalue weighted by Crippen LogP contribution is -2.36. The number of carbonyl (C=O) groups is 1. The molecule has 0 aliphatic heterocycles. The van der Waals surface area contributed by atoms with Gasteiger partial charge in [-0.3, -0.25) is 0 Å². The van der Waals surface area contributed by atoms with Crippen molar-refractivity contribution in [3.05, 3.63) is 0 Å². The molecule has 90 valence electrons. The topological polar surface area (TPSA) is 29.5 Å². The minimum Gasteiger partial charge on any atom is -0.440 e. The highest BCUT2D eigenvalue weighted by Gasteiger charge is 2.30. The van der Waals surface area contributed by atoms with Gasteiger partial charge in [-0.15, -0.1) is 0 Å². The smallest absolute Gasteiger partial charge is 0.422 e. The number of ether oxygens (including phenoxy) is 1. The van der Waals surface area contributed by atoms with Crippen molar-refractivity contribution in [3.8, 4) is 0 Å². The summed E-state index contributed by atoms with van der Waals surface area (Å²) in [7, 11) is 1.41. The second-order valence-corrected chi connectivity index (χ2v) is 4.59. The summed E-state index contributed by atoms with van der Waals surface area (Å²) in [6.45, 7) is 4.42. The van der Waals surface area contributed by atoms with Crippen LogP contribution in [0.25, 0.3) is 0 Å². The summed E-state index contributed by atoms with van der Waals surface area (Å²) < 4.78 is 39.2. The molecule has 0 N–H and O–H groups in total. The van der Waals surface area contributed by atoms with E-state index in [1.165, 1.54) is 7.05 Å². The number of nitrogens with zero attached hydrogens (tertiary/aromatic N) is 1. The quantitative estimate of drug-likeness (QED) is 0.725. The van der Waals surface area contributed by atoms with Gasteiger partial charge in [-0.05, 0) is 5.41 Å². The highest BCUT2D eigenvalue weighted by atomic mass is 19.4. The van der Waals surface area contributed by atoms with Crippen molar-refractivity contribution in [1.82, 2.24) is 4.90 Å². The third-order valence-corrected chi connectivity index (χ3v) is 1.38. The largest absolute Gasteiger partial charge is 0.440 e. The molecule has 0 aromatic carbocycles. The van der Waals surface area contributed by atoms with Crippen LogP contribution in [0.5, 0.6) is 0 Å². The van der Waals surface area contributed by atoms with Crippen LogP contribution in [-0.4, -0.2) is 37.4 Å². The van der Waals surface area contributed by atoms with E-state index in [1.807, 2.05) is 20.8 Å². The number of halogens is 3. The lowest BCUT2D eigenvalue weighted by Gasteiger charge is -2.26. The Labute approximate surface area is 87.2 Å². The van der Waals surface area contributed by atoms with Gasteiger partial charge in [-0.2, -0.15) is 13.2 Å². The van der Waals surface area contributed by atoms with Crippen LogP contribution in [0.2, 0.25) is 0 Å². The van der Waals surface area contributed by atoms with Crippen LogP contribution in [0.4, 0.5) is 18.0 Å². The Balaban J connectivity index is 4.01. The standard InChI is InChI=1S/C9H16F3NO2/c1-8(2,3)5-13(4)7(14)15-6-9(10,11)12/h5-6H2,1-4H3. The molecule has 0 heterocycles. The zero-order valence-electron chi connectivity index (χ0n) is 9.31. The van der Waals surface area contributed by atoms with Crippen LogP contribution in [0.1, 0.15) is 20.8 Å². The monoisotopic (exact) mass is 227 g/mol. The van der Waals surface area contributed by atoms with Gasteiger partial charge >= 0.3 is 12.3 Å². The number of hydrogen-bond donors (Lipinski definition) is 0. The molecule has 0 saturated heterocycles. The fourth-order valence-electron chi connectivity index (χ4n) is 1.03. The van der Waals surface area contributed by atoms with Crippen molar-refractivity contribution in [3.63, 3.8) is 0 Å². The van der Waals surface area contributed by atoms with E-state index in [9.17, 15) is 18.0 Å². The number of carbonyl (C=O) groups excluding carboxylic acids is 1. The molecule has 0 radical (unpaired) electrons. The third-order valence-electron chi connectivity index (χ3n) is 1.38. The van der Waals surface area contributed by atoms with Crippen molar-refractivity contribution < 1.29 is 22.7 Å². The summed E-state index contributed by atoms with van der Waals surface area (Å²) in [4.78, 5) is 12.2. The first-order valence-electron chi connectivity index (χ1n) is 4.46. The minimum atomic E-state index is -4.47. The summed E-state index contributed by atoms with van der Waals surface area (Å²) in [5.74, 6) is 0. The first kappa shape index (κ1) is 14.1. The lowest BCUT2D eigenvalue weighted by molar-refractivity contribution is -0.162. The van der Waals surface area contributed by atoms with E-state index in [0.29, 0.717) is 6.54 Å². The third kappa shape index (κ3) is 8.08. The predicted molar refractivity (Wildman–Crippen MR) is 49.5 cm³/mol. The second-order valence-electron chi connectivity index (χ2n) is 4.59. The summed E-state index contributed by atoms with van der Waals surface area (Å²) in [5.41, 5.74) is -0.175. The SMILES string of the molecule is CN(CC(C)(C)C)C(=O)OCC(F)(F)F. The Hall–Kier alpha value is -0.940. The molecule has 1 amide bonds. The molecule has 0 saturated carbocycles. The summed E-state index contributed by atoms with van der Waals surface area (Å²) in [5, 5.41) is 0. The Kier molecular flexibility index (Phi) is 4.42. The van der Waals surface area contributed by atoms with Gasteiger partial charge < -0.3 is 9.64 Å². The molecule has 0 bridgehead atoms. The summed E-state index contributed by atoms with van der Waals surface area (Å²) in [6, 6.07) is 0. The van der Waals surface area contributed by atoms with E-state index in [1.54, 1.807) is 0 Å². The molecule has 15 heavy (non-hydrogen) atoms. The van der Waals surface area contributed by atoms with E-state index in [-0.39, 0.29) is 5.41 Å². The summed E-state index contributed by atoms with van der Waals surface area (Å²) in [6.07, 6.45) is -5.43. The molecule has 0 aliphatic carbocycles. The lowest BCUT2D eigenvalue weighted by atomic mass is 9.96. The van der Waals surface area contributed by atoms with Crippen molar-refractivity contribution >= 4 is 6.09 Å². The molecule has 0 unspecified atom stereocenters. The number of alkyl halides is 3. The molecule has 6 heteroatoms. The normalized spacial score (nSPS) is 12.5. The molecule has 0 rings (SSSR count). The van der Waals surface area contributed by atoms with E-state index in [4.69, 9.17) is 0 Å². The molecule has 0 spiro atoms. The predicted octanol–water partition coefficient (Wildman–Crippen LogP) is 2.66. The fourth-order valence-corrected chi connectivity index (χ4v) is 1.03. The zero-order valence-corrected chi connectivity index (χ0v) is 9.31. The first-order valence-corrected chi connectivity index (χ1v) is 4.46. The Bertz CT molecular complexity index is 220. The van der Waals surface area contributed by atoms with E-state index < -0.39 is 18.9 Å². The van der Waals surface area contributed by atoms with Crippen molar-refractivity contribution in [2.24, 2.45) is 5.41 Å². The minimum absolute atomic E-state index is 0.175. The first-order chi connectivity index (χ1) is 6.51.